The Hall–Kier alpha value is -7.60. The lowest BCUT2D eigenvalue weighted by molar-refractivity contribution is -0.138. The minimum absolute atomic E-state index is 0.117. The van der Waals surface area contributed by atoms with E-state index in [1.807, 2.05) is 37.5 Å². The number of fused-ring (bicyclic) bond motifs is 2. The van der Waals surface area contributed by atoms with Crippen LogP contribution in [0.15, 0.2) is 60.7 Å². The van der Waals surface area contributed by atoms with Crippen molar-refractivity contribution in [3.05, 3.63) is 94.6 Å². The number of ether oxygens (including phenoxy) is 3. The predicted molar refractivity (Wildman–Crippen MR) is 279 cm³/mol. The van der Waals surface area contributed by atoms with Gasteiger partial charge in [-0.3, -0.25) is 38.7 Å². The number of methoxy groups -OCH3 is 1. The Morgan fingerprint density at radius 3 is 1.96 bits per heavy atom. The molecule has 2 aromatic carbocycles. The first-order chi connectivity index (χ1) is 34.5. The Bertz CT molecular complexity index is 2970. The number of hydrogen-bond donors (Lipinski definition) is 5. The average molecular weight is 1030 g/mol. The zero-order chi connectivity index (χ0) is 52.5. The third-order valence-corrected chi connectivity index (χ3v) is 12.9. The first-order valence-corrected chi connectivity index (χ1v) is 25.4. The van der Waals surface area contributed by atoms with Gasteiger partial charge in [-0.25, -0.2) is 14.8 Å². The number of carbonyl (C=O) groups is 6. The van der Waals surface area contributed by atoms with Crippen LogP contribution in [-0.4, -0.2) is 120 Å². The lowest BCUT2D eigenvalue weighted by Gasteiger charge is -2.13. The number of primary amides is 2. The highest BCUT2D eigenvalue weighted by atomic mass is 33.1. The van der Waals surface area contributed by atoms with Gasteiger partial charge in [-0.15, -0.1) is 0 Å². The van der Waals surface area contributed by atoms with Crippen molar-refractivity contribution in [2.45, 2.75) is 73.6 Å². The van der Waals surface area contributed by atoms with E-state index in [1.54, 1.807) is 59.1 Å². The number of aryl methyl sites for hydroxylation is 4. The summed E-state index contributed by atoms with van der Waals surface area (Å²) < 4.78 is 23.9. The smallest absolute Gasteiger partial charge is 0.333 e. The first kappa shape index (κ1) is 55.3. The lowest BCUT2D eigenvalue weighted by atomic mass is 10.1. The van der Waals surface area contributed by atoms with Crippen LogP contribution in [0, 0.1) is 13.8 Å². The molecular formula is C48H61N13O9S2. The normalized spacial score (nSPS) is 11.0. The molecule has 6 aromatic rings. The molecule has 4 amide bonds. The number of nitrogens with one attached hydrogen (secondary N) is 3. The summed E-state index contributed by atoms with van der Waals surface area (Å²) in [7, 11) is 6.26. The minimum Gasteiger partial charge on any atom is -0.494 e. The molecule has 0 aliphatic heterocycles. The molecule has 6 rings (SSSR count). The van der Waals surface area contributed by atoms with E-state index in [0.717, 1.165) is 18.5 Å². The van der Waals surface area contributed by atoms with Gasteiger partial charge in [0, 0.05) is 74.4 Å². The maximum Gasteiger partial charge on any atom is 0.333 e. The SMILES string of the molecule is C=C(C)C(=O)OCCSSCCC(=O)NCCCOc1cc(C(N)=O)cc2nc(NC(=O)c3cc(C)nn3CC)n(C/C=C/Cn3c(NC)nc4cc(C(N)=O)cc(OC)c43)c12.CCn1nc(C)cc1C=O. The van der Waals surface area contributed by atoms with E-state index in [2.05, 4.69) is 37.7 Å². The number of anilines is 2. The molecule has 0 bridgehead atoms. The van der Waals surface area contributed by atoms with Crippen molar-refractivity contribution in [3.63, 3.8) is 0 Å². The largest absolute Gasteiger partial charge is 0.494 e. The van der Waals surface area contributed by atoms with Crippen LogP contribution < -0.4 is 36.9 Å². The number of benzene rings is 2. The number of imidazole rings is 2. The molecule has 0 radical (unpaired) electrons. The van der Waals surface area contributed by atoms with Crippen LogP contribution in [0.4, 0.5) is 11.9 Å². The van der Waals surface area contributed by atoms with Crippen LogP contribution in [0.3, 0.4) is 0 Å². The zero-order valence-corrected chi connectivity index (χ0v) is 43.0. The van der Waals surface area contributed by atoms with E-state index in [9.17, 15) is 28.8 Å². The summed E-state index contributed by atoms with van der Waals surface area (Å²) in [6.45, 7) is 15.2. The number of allylic oxidation sites excluding steroid dienone is 2. The second kappa shape index (κ2) is 26.6. The fourth-order valence-electron chi connectivity index (χ4n) is 7.17. The van der Waals surface area contributed by atoms with E-state index in [1.165, 1.54) is 40.8 Å². The summed E-state index contributed by atoms with van der Waals surface area (Å²) in [5.74, 6) is 0.325. The number of aldehydes is 1. The molecule has 384 valence electrons. The van der Waals surface area contributed by atoms with Gasteiger partial charge in [0.05, 0.1) is 36.1 Å². The Morgan fingerprint density at radius 1 is 0.792 bits per heavy atom. The monoisotopic (exact) mass is 1030 g/mol. The topological polar surface area (TPSA) is 290 Å². The highest BCUT2D eigenvalue weighted by Gasteiger charge is 2.22. The highest BCUT2D eigenvalue weighted by Crippen LogP contribution is 2.33. The fraction of sp³-hybridized carbons (Fsp3) is 0.375. The Balaban J connectivity index is 0.000000856. The van der Waals surface area contributed by atoms with Gasteiger partial charge in [0.25, 0.3) is 5.91 Å². The molecule has 4 heterocycles. The minimum atomic E-state index is -0.693. The van der Waals surface area contributed by atoms with Crippen molar-refractivity contribution in [2.24, 2.45) is 11.5 Å². The number of carbonyl (C=O) groups excluding carboxylic acids is 6. The summed E-state index contributed by atoms with van der Waals surface area (Å²) in [6.07, 6.45) is 5.35. The van der Waals surface area contributed by atoms with Crippen LogP contribution in [0.2, 0.25) is 0 Å². The number of hydrogen-bond acceptors (Lipinski definition) is 16. The van der Waals surface area contributed by atoms with Gasteiger partial charge in [-0.2, -0.15) is 10.2 Å². The molecule has 0 fully saturated rings. The maximum absolute atomic E-state index is 13.7. The molecule has 0 unspecified atom stereocenters. The summed E-state index contributed by atoms with van der Waals surface area (Å²) in [4.78, 5) is 81.8. The van der Waals surface area contributed by atoms with E-state index in [-0.39, 0.29) is 42.7 Å². The highest BCUT2D eigenvalue weighted by molar-refractivity contribution is 8.76. The number of amides is 4. The summed E-state index contributed by atoms with van der Waals surface area (Å²) in [6, 6.07) is 9.70. The molecule has 0 aliphatic rings. The Labute approximate surface area is 424 Å². The van der Waals surface area contributed by atoms with Crippen molar-refractivity contribution in [1.82, 2.24) is 44.0 Å². The van der Waals surface area contributed by atoms with Gasteiger partial charge in [0.2, 0.25) is 29.6 Å². The standard InChI is InChI=1S/C41H51N11O8S2.C7H10N2O/c1-7-52-30(19-25(4)49-52)38(56)48-41-47-29-21-27(37(43)55)23-32(59-15-10-12-45-33(53)11-17-61-62-18-16-60-39(57)24(2)3)35(29)51(41)14-9-8-13-50-34-28(46-40(50)44-5)20-26(36(42)54)22-31(34)58-6;1-3-9-7(5-10)4-6(2)8-9/h8-9,19-23H,2,7,10-18H2,1,3-6H3,(H2,42,54)(H2,43,55)(H,44,46)(H,45,53)(H,47,48,56);4-5H,3H2,1-2H3/b9-8+;. The number of rotatable bonds is 26. The summed E-state index contributed by atoms with van der Waals surface area (Å²) in [5, 5.41) is 17.4. The molecule has 24 heteroatoms. The summed E-state index contributed by atoms with van der Waals surface area (Å²) >= 11 is 0. The summed E-state index contributed by atoms with van der Waals surface area (Å²) in [5.41, 5.74) is 16.6. The van der Waals surface area contributed by atoms with Crippen molar-refractivity contribution in [1.29, 1.82) is 0 Å². The zero-order valence-electron chi connectivity index (χ0n) is 41.4. The van der Waals surface area contributed by atoms with Gasteiger partial charge in [0.1, 0.15) is 40.5 Å². The van der Waals surface area contributed by atoms with Crippen molar-refractivity contribution in [3.8, 4) is 11.5 Å². The molecule has 0 saturated carbocycles. The maximum atomic E-state index is 13.7. The van der Waals surface area contributed by atoms with Crippen LogP contribution >= 0.6 is 21.6 Å². The van der Waals surface area contributed by atoms with Crippen LogP contribution in [0.25, 0.3) is 22.1 Å². The number of nitrogens with zero attached hydrogens (tertiary/aromatic N) is 8. The van der Waals surface area contributed by atoms with Gasteiger partial charge in [-0.1, -0.05) is 40.3 Å². The van der Waals surface area contributed by atoms with E-state index >= 15 is 0 Å². The molecule has 0 aliphatic carbocycles. The van der Waals surface area contributed by atoms with Gasteiger partial charge in [-0.05, 0) is 77.4 Å². The number of esters is 1. The predicted octanol–water partition coefficient (Wildman–Crippen LogP) is 5.47. The lowest BCUT2D eigenvalue weighted by Crippen LogP contribution is -2.25. The van der Waals surface area contributed by atoms with E-state index in [4.69, 9.17) is 30.7 Å². The van der Waals surface area contributed by atoms with E-state index < -0.39 is 23.7 Å². The molecule has 0 spiro atoms. The molecule has 7 N–H and O–H groups in total. The quantitative estimate of drug-likeness (QED) is 0.0112. The average Bonchev–Trinajstić information content (AvgIpc) is 4.13. The van der Waals surface area contributed by atoms with Crippen LogP contribution in [-0.2, 0) is 40.5 Å². The Kier molecular flexibility index (Phi) is 20.4. The number of nitrogens with two attached hydrogens (primary N) is 2. The van der Waals surface area contributed by atoms with Gasteiger partial charge < -0.3 is 45.4 Å². The Morgan fingerprint density at radius 2 is 1.38 bits per heavy atom. The third-order valence-electron chi connectivity index (χ3n) is 10.5. The number of aromatic nitrogens is 8. The van der Waals surface area contributed by atoms with E-state index in [0.29, 0.717) is 106 Å². The molecule has 72 heavy (non-hydrogen) atoms. The first-order valence-electron chi connectivity index (χ1n) is 22.9. The second-order valence-electron chi connectivity index (χ2n) is 15.9. The van der Waals surface area contributed by atoms with Crippen LogP contribution in [0.1, 0.15) is 86.7 Å². The van der Waals surface area contributed by atoms with Crippen LogP contribution in [0.5, 0.6) is 11.5 Å². The molecule has 22 nitrogen and oxygen atoms in total. The van der Waals surface area contributed by atoms with Gasteiger partial charge >= 0.3 is 5.97 Å². The second-order valence-corrected chi connectivity index (χ2v) is 18.6. The molecule has 4 aromatic heterocycles. The molecule has 0 atom stereocenters. The van der Waals surface area contributed by atoms with Crippen molar-refractivity contribution < 1.29 is 43.0 Å². The van der Waals surface area contributed by atoms with Crippen molar-refractivity contribution in [2.75, 3.05) is 56.1 Å². The fourth-order valence-corrected chi connectivity index (χ4v) is 8.99. The van der Waals surface area contributed by atoms with Crippen molar-refractivity contribution >= 4 is 91.4 Å². The molecule has 0 saturated heterocycles. The molecular weight excluding hydrogens is 967 g/mol. The third kappa shape index (κ3) is 14.5. The van der Waals surface area contributed by atoms with Gasteiger partial charge in [0.15, 0.2) is 6.29 Å².